The molecule has 0 aromatic heterocycles. The van der Waals surface area contributed by atoms with Gasteiger partial charge in [0.25, 0.3) is 0 Å². The van der Waals surface area contributed by atoms with Crippen LogP contribution in [0, 0.1) is 6.92 Å². The van der Waals surface area contributed by atoms with E-state index in [1.807, 2.05) is 43.0 Å². The van der Waals surface area contributed by atoms with Gasteiger partial charge < -0.3 is 15.5 Å². The van der Waals surface area contributed by atoms with E-state index in [0.29, 0.717) is 6.42 Å². The lowest BCUT2D eigenvalue weighted by Gasteiger charge is -2.25. The van der Waals surface area contributed by atoms with Crippen LogP contribution in [0.3, 0.4) is 0 Å². The number of nitrogens with one attached hydrogen (secondary N) is 2. The molecule has 1 aromatic rings. The number of benzene rings is 1. The van der Waals surface area contributed by atoms with Crippen LogP contribution in [-0.4, -0.2) is 54.4 Å². The number of thioether (sulfide) groups is 1. The number of carbonyl (C=O) groups excluding carboxylic acids is 2. The minimum Gasteiger partial charge on any atom is -0.336 e. The second-order valence-corrected chi connectivity index (χ2v) is 6.74. The van der Waals surface area contributed by atoms with E-state index in [0.717, 1.165) is 29.3 Å². The maximum atomic E-state index is 12.1. The van der Waals surface area contributed by atoms with Gasteiger partial charge in [-0.25, -0.2) is 0 Å². The van der Waals surface area contributed by atoms with E-state index in [1.54, 1.807) is 7.05 Å². The standard InChI is InChI=1S/C16H23N3O2S.ClH/c1-12-3-5-13(6-4-12)18-15(20)10-19(2)16(21)9-14-11-22-8-7-17-14;/h3-6,14,17H,7-11H2,1-2H3,(H,18,20);1H. The number of nitrogens with zero attached hydrogens (tertiary/aromatic N) is 1. The molecule has 5 nitrogen and oxygen atoms in total. The predicted octanol–water partition coefficient (Wildman–Crippen LogP) is 1.91. The molecule has 0 bridgehead atoms. The molecule has 2 rings (SSSR count). The van der Waals surface area contributed by atoms with Crippen LogP contribution in [0.15, 0.2) is 24.3 Å². The van der Waals surface area contributed by atoms with Crippen LogP contribution in [0.25, 0.3) is 0 Å². The molecule has 7 heteroatoms. The van der Waals surface area contributed by atoms with Gasteiger partial charge in [-0.1, -0.05) is 17.7 Å². The molecule has 0 saturated carbocycles. The zero-order valence-electron chi connectivity index (χ0n) is 13.5. The molecule has 1 unspecified atom stereocenters. The Bertz CT molecular complexity index is 519. The van der Waals surface area contributed by atoms with Crippen LogP contribution in [0.4, 0.5) is 5.69 Å². The lowest BCUT2D eigenvalue weighted by atomic mass is 10.2. The monoisotopic (exact) mass is 357 g/mol. The molecule has 1 aliphatic heterocycles. The number of hydrogen-bond donors (Lipinski definition) is 2. The summed E-state index contributed by atoms with van der Waals surface area (Å²) in [6.45, 7) is 3.02. The van der Waals surface area contributed by atoms with Gasteiger partial charge in [0.1, 0.15) is 0 Å². The van der Waals surface area contributed by atoms with Gasteiger partial charge in [0, 0.05) is 43.2 Å². The number of anilines is 1. The van der Waals surface area contributed by atoms with Gasteiger partial charge in [-0.3, -0.25) is 9.59 Å². The van der Waals surface area contributed by atoms with Crippen LogP contribution in [0.1, 0.15) is 12.0 Å². The van der Waals surface area contributed by atoms with E-state index in [1.165, 1.54) is 4.90 Å². The van der Waals surface area contributed by atoms with Crippen molar-refractivity contribution in [2.45, 2.75) is 19.4 Å². The topological polar surface area (TPSA) is 61.4 Å². The fourth-order valence-corrected chi connectivity index (χ4v) is 3.21. The third-order valence-corrected chi connectivity index (χ3v) is 4.69. The first kappa shape index (κ1) is 19.8. The molecule has 0 radical (unpaired) electrons. The fourth-order valence-electron chi connectivity index (χ4n) is 2.26. The Labute approximate surface area is 148 Å². The Kier molecular flexibility index (Phi) is 8.44. The molecule has 1 heterocycles. The van der Waals surface area contributed by atoms with Gasteiger partial charge in [-0.15, -0.1) is 12.4 Å². The van der Waals surface area contributed by atoms with E-state index in [9.17, 15) is 9.59 Å². The van der Waals surface area contributed by atoms with Crippen molar-refractivity contribution >= 4 is 41.7 Å². The lowest BCUT2D eigenvalue weighted by Crippen LogP contribution is -2.43. The highest BCUT2D eigenvalue weighted by atomic mass is 35.5. The van der Waals surface area contributed by atoms with Crippen LogP contribution in [0.5, 0.6) is 0 Å². The quantitative estimate of drug-likeness (QED) is 0.845. The first-order chi connectivity index (χ1) is 10.5. The number of aryl methyl sites for hydroxylation is 1. The molecule has 128 valence electrons. The van der Waals surface area contributed by atoms with E-state index < -0.39 is 0 Å². The molecule has 1 saturated heterocycles. The van der Waals surface area contributed by atoms with Crippen molar-refractivity contribution in [2.75, 3.05) is 37.0 Å². The Morgan fingerprint density at radius 2 is 2.04 bits per heavy atom. The van der Waals surface area contributed by atoms with Crippen LogP contribution in [-0.2, 0) is 9.59 Å². The van der Waals surface area contributed by atoms with Gasteiger partial charge >= 0.3 is 0 Å². The minimum absolute atomic E-state index is 0. The van der Waals surface area contributed by atoms with Crippen molar-refractivity contribution in [3.63, 3.8) is 0 Å². The van der Waals surface area contributed by atoms with Gasteiger partial charge in [-0.05, 0) is 19.1 Å². The van der Waals surface area contributed by atoms with Crippen LogP contribution >= 0.6 is 24.2 Å². The van der Waals surface area contributed by atoms with Crippen molar-refractivity contribution in [1.29, 1.82) is 0 Å². The average Bonchev–Trinajstić information content (AvgIpc) is 2.50. The van der Waals surface area contributed by atoms with Crippen LogP contribution in [0.2, 0.25) is 0 Å². The fraction of sp³-hybridized carbons (Fsp3) is 0.500. The summed E-state index contributed by atoms with van der Waals surface area (Å²) >= 11 is 1.86. The van der Waals surface area contributed by atoms with E-state index in [4.69, 9.17) is 0 Å². The summed E-state index contributed by atoms with van der Waals surface area (Å²) in [6.07, 6.45) is 0.446. The van der Waals surface area contributed by atoms with E-state index >= 15 is 0 Å². The molecule has 1 atom stereocenters. The number of likely N-dealkylation sites (N-methyl/N-ethyl adjacent to an activating group) is 1. The molecular weight excluding hydrogens is 334 g/mol. The number of halogens is 1. The molecule has 2 amide bonds. The minimum atomic E-state index is -0.175. The molecule has 1 fully saturated rings. The molecule has 23 heavy (non-hydrogen) atoms. The maximum absolute atomic E-state index is 12.1. The average molecular weight is 358 g/mol. The first-order valence-corrected chi connectivity index (χ1v) is 8.61. The molecule has 1 aromatic carbocycles. The Hall–Kier alpha value is -1.24. The lowest BCUT2D eigenvalue weighted by molar-refractivity contribution is -0.133. The molecule has 0 aliphatic carbocycles. The van der Waals surface area contributed by atoms with E-state index in [-0.39, 0.29) is 36.8 Å². The maximum Gasteiger partial charge on any atom is 0.243 e. The summed E-state index contributed by atoms with van der Waals surface area (Å²) in [4.78, 5) is 25.6. The summed E-state index contributed by atoms with van der Waals surface area (Å²) in [7, 11) is 1.67. The molecular formula is C16H24ClN3O2S. The number of hydrogen-bond acceptors (Lipinski definition) is 4. The smallest absolute Gasteiger partial charge is 0.243 e. The summed E-state index contributed by atoms with van der Waals surface area (Å²) in [5.41, 5.74) is 1.89. The van der Waals surface area contributed by atoms with Crippen molar-refractivity contribution in [2.24, 2.45) is 0 Å². The second-order valence-electron chi connectivity index (χ2n) is 5.59. The van der Waals surface area contributed by atoms with Gasteiger partial charge in [0.15, 0.2) is 0 Å². The third kappa shape index (κ3) is 6.81. The number of amides is 2. The number of rotatable bonds is 5. The predicted molar refractivity (Wildman–Crippen MR) is 98.4 cm³/mol. The zero-order valence-corrected chi connectivity index (χ0v) is 15.1. The third-order valence-electron chi connectivity index (χ3n) is 3.56. The normalized spacial score (nSPS) is 17.0. The summed E-state index contributed by atoms with van der Waals surface area (Å²) in [5.74, 6) is 1.87. The highest BCUT2D eigenvalue weighted by Crippen LogP contribution is 2.11. The van der Waals surface area contributed by atoms with Crippen LogP contribution < -0.4 is 10.6 Å². The highest BCUT2D eigenvalue weighted by Gasteiger charge is 2.20. The second kappa shape index (κ2) is 9.80. The molecule has 0 spiro atoms. The Morgan fingerprint density at radius 3 is 2.65 bits per heavy atom. The molecule has 2 N–H and O–H groups in total. The summed E-state index contributed by atoms with van der Waals surface area (Å²) < 4.78 is 0. The van der Waals surface area contributed by atoms with Gasteiger partial charge in [0.2, 0.25) is 11.8 Å². The first-order valence-electron chi connectivity index (χ1n) is 7.46. The highest BCUT2D eigenvalue weighted by molar-refractivity contribution is 7.99. The van der Waals surface area contributed by atoms with E-state index in [2.05, 4.69) is 10.6 Å². The number of carbonyl (C=O) groups is 2. The molecule has 1 aliphatic rings. The SMILES string of the molecule is Cc1ccc(NC(=O)CN(C)C(=O)CC2CSCCN2)cc1.Cl. The largest absolute Gasteiger partial charge is 0.336 e. The summed E-state index contributed by atoms with van der Waals surface area (Å²) in [5, 5.41) is 6.14. The van der Waals surface area contributed by atoms with Crippen molar-refractivity contribution in [1.82, 2.24) is 10.2 Å². The van der Waals surface area contributed by atoms with Crippen molar-refractivity contribution in [3.05, 3.63) is 29.8 Å². The zero-order chi connectivity index (χ0) is 15.9. The van der Waals surface area contributed by atoms with Crippen molar-refractivity contribution in [3.8, 4) is 0 Å². The Balaban J connectivity index is 0.00000264. The summed E-state index contributed by atoms with van der Waals surface area (Å²) in [6, 6.07) is 7.82. The van der Waals surface area contributed by atoms with Crippen molar-refractivity contribution < 1.29 is 9.59 Å². The Morgan fingerprint density at radius 1 is 1.35 bits per heavy atom. The van der Waals surface area contributed by atoms with Gasteiger partial charge in [0.05, 0.1) is 6.54 Å². The van der Waals surface area contributed by atoms with Gasteiger partial charge in [-0.2, -0.15) is 11.8 Å².